The highest BCUT2D eigenvalue weighted by Gasteiger charge is 2.21. The Labute approximate surface area is 292 Å². The maximum absolute atomic E-state index is 11.7. The molecule has 0 spiro atoms. The topological polar surface area (TPSA) is 251 Å². The summed E-state index contributed by atoms with van der Waals surface area (Å²) in [6.07, 6.45) is 15.7. The summed E-state index contributed by atoms with van der Waals surface area (Å²) < 4.78 is 58.5. The highest BCUT2D eigenvalue weighted by atomic mass is 32.2. The number of aliphatic hydroxyl groups excluding tert-OH is 2. The second-order valence-electron chi connectivity index (χ2n) is 11.2. The summed E-state index contributed by atoms with van der Waals surface area (Å²) in [5, 5.41) is 26.1. The molecule has 50 heavy (non-hydrogen) atoms. The van der Waals surface area contributed by atoms with Gasteiger partial charge in [0.15, 0.2) is 0 Å². The number of allylic oxidation sites excluding steroid dienone is 6. The molecule has 0 atom stereocenters. The lowest BCUT2D eigenvalue weighted by Gasteiger charge is -2.13. The summed E-state index contributed by atoms with van der Waals surface area (Å²) in [5.41, 5.74) is 16.0. The SMILES string of the molecule is CC[N+](CC)=C1C=CC(=Nc2cnn(CCO)c2N)C(NS(C)(=O)=O)=C1.C[N+](C)=C1C=CC(=Nc2cnn(CCO)c2N)C(NS(C)(=O)=O)=C1. The minimum atomic E-state index is -3.48. The molecule has 0 aliphatic heterocycles. The molecule has 0 bridgehead atoms. The zero-order chi connectivity index (χ0) is 37.2. The van der Waals surface area contributed by atoms with Gasteiger partial charge in [-0.3, -0.25) is 9.44 Å². The molecule has 8 N–H and O–H groups in total. The van der Waals surface area contributed by atoms with E-state index < -0.39 is 20.0 Å². The van der Waals surface area contributed by atoms with Crippen LogP contribution >= 0.6 is 0 Å². The third kappa shape index (κ3) is 11.1. The second-order valence-corrected chi connectivity index (χ2v) is 14.7. The Morgan fingerprint density at radius 2 is 1.14 bits per heavy atom. The molecule has 2 aliphatic carbocycles. The number of aliphatic imine (C=N–C) groups is 2. The van der Waals surface area contributed by atoms with Crippen molar-refractivity contribution in [1.82, 2.24) is 29.0 Å². The number of nitrogens with zero attached hydrogens (tertiary/aromatic N) is 8. The molecule has 2 aliphatic rings. The van der Waals surface area contributed by atoms with Crippen molar-refractivity contribution in [3.63, 3.8) is 0 Å². The van der Waals surface area contributed by atoms with Crippen molar-refractivity contribution < 1.29 is 36.2 Å². The molecule has 0 unspecified atom stereocenters. The summed E-state index contributed by atoms with van der Waals surface area (Å²) in [4.78, 5) is 8.84. The molecule has 4 rings (SSSR count). The van der Waals surface area contributed by atoms with Crippen LogP contribution in [0.3, 0.4) is 0 Å². The number of aromatic nitrogens is 4. The number of nitrogens with one attached hydrogen (secondary N) is 2. The van der Waals surface area contributed by atoms with Gasteiger partial charge >= 0.3 is 0 Å². The van der Waals surface area contributed by atoms with Gasteiger partial charge in [0, 0.05) is 24.3 Å². The normalized spacial score (nSPS) is 16.2. The maximum Gasteiger partial charge on any atom is 0.229 e. The van der Waals surface area contributed by atoms with Crippen molar-refractivity contribution in [2.45, 2.75) is 26.9 Å². The minimum Gasteiger partial charge on any atom is -0.394 e. The number of anilines is 2. The van der Waals surface area contributed by atoms with Gasteiger partial charge in [-0.15, -0.1) is 0 Å². The highest BCUT2D eigenvalue weighted by Crippen LogP contribution is 2.24. The number of aliphatic hydroxyl groups is 2. The first-order valence-corrected chi connectivity index (χ1v) is 19.2. The van der Waals surface area contributed by atoms with Crippen molar-refractivity contribution >= 4 is 65.9 Å². The molecule has 18 nitrogen and oxygen atoms in total. The molecule has 20 heteroatoms. The zero-order valence-electron chi connectivity index (χ0n) is 28.9. The van der Waals surface area contributed by atoms with Crippen LogP contribution in [0.4, 0.5) is 23.0 Å². The smallest absolute Gasteiger partial charge is 0.229 e. The lowest BCUT2D eigenvalue weighted by molar-refractivity contribution is -0.519. The number of rotatable bonds is 12. The predicted molar refractivity (Wildman–Crippen MR) is 196 cm³/mol. The van der Waals surface area contributed by atoms with E-state index in [1.807, 2.05) is 44.7 Å². The number of hydrogen-bond donors (Lipinski definition) is 6. The molecule has 0 amide bonds. The first-order chi connectivity index (χ1) is 23.5. The maximum atomic E-state index is 11.7. The number of nitrogens with two attached hydrogens (primary N) is 2. The molecular formula is C30H46N12O6S2+2. The van der Waals surface area contributed by atoms with Crippen LogP contribution in [0.25, 0.3) is 0 Å². The monoisotopic (exact) mass is 734 g/mol. The van der Waals surface area contributed by atoms with Gasteiger partial charge in [-0.1, -0.05) is 0 Å². The standard InChI is InChI=1S/C16H24N6O3S.C14H20N6O3S/c1-4-21(5-2)12-6-7-13(14(10-12)20-26(3,24)25)19-15-11-18-22(8-9-23)16(15)17;1-19(2)10-4-5-11(12(8-10)18-24(3,22)23)17-13-9-16-20(6-7-21)14(13)15/h6-7,10-11,23H,4-5,8-9H2,1-3H3,(H2,17,18,20);4-5,8-9,21H,6-7H2,1-3H3,(H2,15,16,18)/p+2. The highest BCUT2D eigenvalue weighted by molar-refractivity contribution is 7.89. The molecule has 2 heterocycles. The molecule has 2 aromatic heterocycles. The molecule has 2 aromatic rings. The lowest BCUT2D eigenvalue weighted by atomic mass is 10.1. The van der Waals surface area contributed by atoms with Crippen LogP contribution in [-0.2, 0) is 33.1 Å². The first-order valence-electron chi connectivity index (χ1n) is 15.4. The Morgan fingerprint density at radius 1 is 0.740 bits per heavy atom. The van der Waals surface area contributed by atoms with Crippen LogP contribution in [0.2, 0.25) is 0 Å². The van der Waals surface area contributed by atoms with Crippen LogP contribution in [0.15, 0.2) is 70.2 Å². The number of sulfonamides is 2. The van der Waals surface area contributed by atoms with Crippen molar-refractivity contribution in [3.05, 3.63) is 60.2 Å². The average Bonchev–Trinajstić information content (AvgIpc) is 3.55. The molecular weight excluding hydrogens is 689 g/mol. The van der Waals surface area contributed by atoms with Crippen molar-refractivity contribution in [3.8, 4) is 0 Å². The van der Waals surface area contributed by atoms with E-state index in [1.54, 1.807) is 24.3 Å². The van der Waals surface area contributed by atoms with E-state index in [0.717, 1.165) is 37.0 Å². The average molecular weight is 735 g/mol. The third-order valence-corrected chi connectivity index (χ3v) is 8.20. The molecule has 0 saturated carbocycles. The van der Waals surface area contributed by atoms with Crippen LogP contribution in [0, 0.1) is 0 Å². The summed E-state index contributed by atoms with van der Waals surface area (Å²) in [6.45, 7) is 5.99. The van der Waals surface area contributed by atoms with Crippen LogP contribution in [0.5, 0.6) is 0 Å². The number of hydrogen-bond acceptors (Lipinski definition) is 12. The van der Waals surface area contributed by atoms with Crippen molar-refractivity contribution in [1.29, 1.82) is 0 Å². The molecule has 0 saturated heterocycles. The summed E-state index contributed by atoms with van der Waals surface area (Å²) in [5.74, 6) is 0.600. The van der Waals surface area contributed by atoms with Gasteiger partial charge in [0.25, 0.3) is 0 Å². The van der Waals surface area contributed by atoms with Crippen LogP contribution in [0.1, 0.15) is 13.8 Å². The minimum absolute atomic E-state index is 0.0925. The van der Waals surface area contributed by atoms with E-state index in [2.05, 4.69) is 34.2 Å². The third-order valence-electron chi connectivity index (χ3n) is 7.02. The van der Waals surface area contributed by atoms with E-state index in [4.69, 9.17) is 21.7 Å². The quantitative estimate of drug-likeness (QED) is 0.118. The van der Waals surface area contributed by atoms with Crippen molar-refractivity contribution in [2.75, 3.05) is 64.4 Å². The fourth-order valence-corrected chi connectivity index (χ4v) is 5.74. The fraction of sp³-hybridized carbons (Fsp3) is 0.400. The van der Waals surface area contributed by atoms with E-state index >= 15 is 0 Å². The van der Waals surface area contributed by atoms with Gasteiger partial charge in [0.1, 0.15) is 50.2 Å². The zero-order valence-corrected chi connectivity index (χ0v) is 30.6. The summed E-state index contributed by atoms with van der Waals surface area (Å²) in [6, 6.07) is 0. The molecule has 272 valence electrons. The summed E-state index contributed by atoms with van der Waals surface area (Å²) >= 11 is 0. The van der Waals surface area contributed by atoms with Gasteiger partial charge in [0.05, 0.1) is 74.0 Å². The van der Waals surface area contributed by atoms with Gasteiger partial charge in [-0.2, -0.15) is 10.2 Å². The molecule has 0 aromatic carbocycles. The summed E-state index contributed by atoms with van der Waals surface area (Å²) in [7, 11) is -3.23. The Balaban J connectivity index is 0.000000271. The predicted octanol–water partition coefficient (Wildman–Crippen LogP) is -0.728. The molecule has 0 radical (unpaired) electrons. The Morgan fingerprint density at radius 3 is 1.50 bits per heavy atom. The largest absolute Gasteiger partial charge is 0.394 e. The number of nitrogen functional groups attached to an aromatic ring is 2. The van der Waals surface area contributed by atoms with E-state index in [0.29, 0.717) is 45.8 Å². The van der Waals surface area contributed by atoms with Gasteiger partial charge in [0.2, 0.25) is 31.5 Å². The first kappa shape index (κ1) is 39.5. The lowest BCUT2D eigenvalue weighted by Crippen LogP contribution is -2.30. The van der Waals surface area contributed by atoms with Crippen LogP contribution in [-0.4, -0.2) is 132 Å². The Kier molecular flexibility index (Phi) is 13.5. The van der Waals surface area contributed by atoms with Crippen LogP contribution < -0.4 is 20.9 Å². The Bertz CT molecular complexity index is 2040. The fourth-order valence-electron chi connectivity index (χ4n) is 4.62. The van der Waals surface area contributed by atoms with Gasteiger partial charge in [-0.25, -0.2) is 45.3 Å². The van der Waals surface area contributed by atoms with Crippen molar-refractivity contribution in [2.24, 2.45) is 9.98 Å². The van der Waals surface area contributed by atoms with E-state index in [1.165, 1.54) is 21.8 Å². The van der Waals surface area contributed by atoms with E-state index in [9.17, 15) is 16.8 Å². The van der Waals surface area contributed by atoms with E-state index in [-0.39, 0.29) is 26.3 Å². The van der Waals surface area contributed by atoms with Gasteiger partial charge < -0.3 is 21.7 Å². The second kappa shape index (κ2) is 17.1. The molecule has 0 fully saturated rings. The Hall–Kier alpha value is -4.92. The van der Waals surface area contributed by atoms with Gasteiger partial charge in [-0.05, 0) is 26.0 Å².